The molecule has 1 saturated carbocycles. The van der Waals surface area contributed by atoms with Gasteiger partial charge in [0.15, 0.2) is 0 Å². The minimum atomic E-state index is -3.54. The molecule has 0 spiro atoms. The minimum Gasteiger partial charge on any atom is -0.208 e. The molecule has 0 bridgehead atoms. The summed E-state index contributed by atoms with van der Waals surface area (Å²) in [7, 11) is -3.54. The van der Waals surface area contributed by atoms with Crippen molar-refractivity contribution in [3.8, 4) is 0 Å². The van der Waals surface area contributed by atoms with Gasteiger partial charge in [-0.05, 0) is 37.4 Å². The van der Waals surface area contributed by atoms with Crippen molar-refractivity contribution in [1.29, 1.82) is 0 Å². The molecule has 1 fully saturated rings. The summed E-state index contributed by atoms with van der Waals surface area (Å²) in [6.07, 6.45) is 2.30. The fraction of sp³-hybridized carbons (Fsp3) is 0.500. The summed E-state index contributed by atoms with van der Waals surface area (Å²) < 4.78 is 27.0. The van der Waals surface area contributed by atoms with Crippen LogP contribution < -0.4 is 4.72 Å². The Morgan fingerprint density at radius 1 is 1.32 bits per heavy atom. The minimum absolute atomic E-state index is 0.240. The summed E-state index contributed by atoms with van der Waals surface area (Å²) in [4.78, 5) is 3.01. The lowest BCUT2D eigenvalue weighted by molar-refractivity contribution is 0.521. The average molecular weight is 280 g/mol. The SMILES string of the molecule is Cc1ccc(S(=O)(=O)N[C@H]2CCC[C@@H]2N=[N+]=[N-])cc1. The molecule has 0 amide bonds. The van der Waals surface area contributed by atoms with Gasteiger partial charge in [-0.15, -0.1) is 0 Å². The fourth-order valence-electron chi connectivity index (χ4n) is 2.27. The van der Waals surface area contributed by atoms with Gasteiger partial charge in [-0.1, -0.05) is 29.2 Å². The van der Waals surface area contributed by atoms with Crippen LogP contribution in [0.5, 0.6) is 0 Å². The lowest BCUT2D eigenvalue weighted by Gasteiger charge is -2.17. The zero-order valence-corrected chi connectivity index (χ0v) is 11.5. The van der Waals surface area contributed by atoms with E-state index in [0.29, 0.717) is 6.42 Å². The molecule has 0 aliphatic heterocycles. The molecule has 1 N–H and O–H groups in total. The molecule has 1 aromatic carbocycles. The highest BCUT2D eigenvalue weighted by Crippen LogP contribution is 2.24. The van der Waals surface area contributed by atoms with Crippen LogP contribution in [-0.2, 0) is 10.0 Å². The number of nitrogens with one attached hydrogen (secondary N) is 1. The number of sulfonamides is 1. The Kier molecular flexibility index (Phi) is 4.09. The molecule has 0 aromatic heterocycles. The fourth-order valence-corrected chi connectivity index (χ4v) is 3.57. The van der Waals surface area contributed by atoms with Crippen molar-refractivity contribution in [3.05, 3.63) is 40.3 Å². The summed E-state index contributed by atoms with van der Waals surface area (Å²) in [6.45, 7) is 1.90. The Morgan fingerprint density at radius 2 is 2.00 bits per heavy atom. The maximum Gasteiger partial charge on any atom is 0.240 e. The highest BCUT2D eigenvalue weighted by molar-refractivity contribution is 7.89. The largest absolute Gasteiger partial charge is 0.240 e. The summed E-state index contributed by atoms with van der Waals surface area (Å²) in [5, 5.41) is 3.65. The molecule has 0 radical (unpaired) electrons. The van der Waals surface area contributed by atoms with Crippen molar-refractivity contribution in [2.24, 2.45) is 5.11 Å². The van der Waals surface area contributed by atoms with E-state index >= 15 is 0 Å². The monoisotopic (exact) mass is 280 g/mol. The van der Waals surface area contributed by atoms with Gasteiger partial charge in [0.25, 0.3) is 0 Å². The number of azide groups is 1. The van der Waals surface area contributed by atoms with Gasteiger partial charge in [-0.3, -0.25) is 0 Å². The average Bonchev–Trinajstić information content (AvgIpc) is 2.77. The third-order valence-corrected chi connectivity index (χ3v) is 4.82. The lowest BCUT2D eigenvalue weighted by Crippen LogP contribution is -2.38. The maximum absolute atomic E-state index is 12.2. The number of rotatable bonds is 4. The number of hydrogen-bond donors (Lipinski definition) is 1. The molecule has 19 heavy (non-hydrogen) atoms. The highest BCUT2D eigenvalue weighted by Gasteiger charge is 2.30. The predicted octanol–water partition coefficient (Wildman–Crippen LogP) is 2.50. The quantitative estimate of drug-likeness (QED) is 0.521. The smallest absolute Gasteiger partial charge is 0.208 e. The first-order valence-corrected chi connectivity index (χ1v) is 7.64. The van der Waals surface area contributed by atoms with Crippen LogP contribution in [0.1, 0.15) is 24.8 Å². The maximum atomic E-state index is 12.2. The molecular weight excluding hydrogens is 264 g/mol. The van der Waals surface area contributed by atoms with Crippen molar-refractivity contribution in [3.63, 3.8) is 0 Å². The molecule has 2 rings (SSSR count). The molecule has 6 nitrogen and oxygen atoms in total. The van der Waals surface area contributed by atoms with E-state index in [1.54, 1.807) is 24.3 Å². The van der Waals surface area contributed by atoms with E-state index < -0.39 is 10.0 Å². The first-order chi connectivity index (χ1) is 9.03. The molecule has 1 aromatic rings. The van der Waals surface area contributed by atoms with E-state index in [4.69, 9.17) is 5.53 Å². The van der Waals surface area contributed by atoms with E-state index in [9.17, 15) is 8.42 Å². The van der Waals surface area contributed by atoms with E-state index in [1.165, 1.54) is 0 Å². The van der Waals surface area contributed by atoms with Crippen molar-refractivity contribution in [1.82, 2.24) is 4.72 Å². The molecule has 2 atom stereocenters. The molecule has 102 valence electrons. The van der Waals surface area contributed by atoms with Crippen LogP contribution in [0.3, 0.4) is 0 Å². The molecule has 7 heteroatoms. The van der Waals surface area contributed by atoms with Gasteiger partial charge in [0.1, 0.15) is 0 Å². The Labute approximate surface area is 112 Å². The van der Waals surface area contributed by atoms with Crippen LogP contribution in [0, 0.1) is 6.92 Å². The van der Waals surface area contributed by atoms with Gasteiger partial charge in [0.05, 0.1) is 10.9 Å². The molecular formula is C12H16N4O2S. The molecule has 0 heterocycles. The van der Waals surface area contributed by atoms with Crippen molar-refractivity contribution >= 4 is 10.0 Å². The number of benzene rings is 1. The highest BCUT2D eigenvalue weighted by atomic mass is 32.2. The zero-order chi connectivity index (χ0) is 13.9. The van der Waals surface area contributed by atoms with Crippen LogP contribution in [0.25, 0.3) is 10.4 Å². The Hall–Kier alpha value is -1.56. The standard InChI is InChI=1S/C12H16N4O2S/c1-9-5-7-10(8-6-9)19(17,18)15-12-4-2-3-11(12)14-16-13/h5-8,11-12,15H,2-4H2,1H3/t11-,12-/m0/s1. The second-order valence-electron chi connectivity index (χ2n) is 4.74. The molecule has 1 aliphatic rings. The van der Waals surface area contributed by atoms with E-state index in [0.717, 1.165) is 18.4 Å². The van der Waals surface area contributed by atoms with E-state index in [-0.39, 0.29) is 17.0 Å². The Balaban J connectivity index is 2.17. The van der Waals surface area contributed by atoms with Gasteiger partial charge >= 0.3 is 0 Å². The molecule has 1 aliphatic carbocycles. The van der Waals surface area contributed by atoms with E-state index in [1.807, 2.05) is 6.92 Å². The first-order valence-electron chi connectivity index (χ1n) is 6.16. The number of nitrogens with zero attached hydrogens (tertiary/aromatic N) is 3. The Bertz CT molecular complexity index is 591. The van der Waals surface area contributed by atoms with Gasteiger partial charge in [-0.25, -0.2) is 13.1 Å². The normalized spacial score (nSPS) is 23.0. The van der Waals surface area contributed by atoms with E-state index in [2.05, 4.69) is 14.7 Å². The zero-order valence-electron chi connectivity index (χ0n) is 10.7. The van der Waals surface area contributed by atoms with Crippen LogP contribution in [-0.4, -0.2) is 20.5 Å². The van der Waals surface area contributed by atoms with Gasteiger partial charge in [0, 0.05) is 11.0 Å². The van der Waals surface area contributed by atoms with Crippen molar-refractivity contribution < 1.29 is 8.42 Å². The molecule has 0 unspecified atom stereocenters. The third-order valence-electron chi connectivity index (χ3n) is 3.32. The second-order valence-corrected chi connectivity index (χ2v) is 6.46. The number of aryl methyl sites for hydroxylation is 1. The number of hydrogen-bond acceptors (Lipinski definition) is 3. The van der Waals surface area contributed by atoms with Crippen molar-refractivity contribution in [2.45, 2.75) is 43.2 Å². The van der Waals surface area contributed by atoms with Gasteiger partial charge in [0.2, 0.25) is 10.0 Å². The lowest BCUT2D eigenvalue weighted by atomic mass is 10.2. The topological polar surface area (TPSA) is 94.9 Å². The predicted molar refractivity (Wildman–Crippen MR) is 72.1 cm³/mol. The summed E-state index contributed by atoms with van der Waals surface area (Å²) in [5.41, 5.74) is 9.48. The summed E-state index contributed by atoms with van der Waals surface area (Å²) in [6, 6.07) is 6.08. The second kappa shape index (κ2) is 5.61. The van der Waals surface area contributed by atoms with Crippen LogP contribution in [0.15, 0.2) is 34.3 Å². The van der Waals surface area contributed by atoms with Gasteiger partial charge in [-0.2, -0.15) is 0 Å². The van der Waals surface area contributed by atoms with Gasteiger partial charge < -0.3 is 0 Å². The van der Waals surface area contributed by atoms with Crippen molar-refractivity contribution in [2.75, 3.05) is 0 Å². The summed E-state index contributed by atoms with van der Waals surface area (Å²) in [5.74, 6) is 0. The van der Waals surface area contributed by atoms with Crippen LogP contribution in [0.2, 0.25) is 0 Å². The van der Waals surface area contributed by atoms with Crippen LogP contribution >= 0.6 is 0 Å². The van der Waals surface area contributed by atoms with Crippen LogP contribution in [0.4, 0.5) is 0 Å². The first kappa shape index (κ1) is 13.9. The third kappa shape index (κ3) is 3.26. The molecule has 0 saturated heterocycles. The Morgan fingerprint density at radius 3 is 2.63 bits per heavy atom. The summed E-state index contributed by atoms with van der Waals surface area (Å²) >= 11 is 0.